The fourth-order valence-corrected chi connectivity index (χ4v) is 3.50. The van der Waals surface area contributed by atoms with Crippen LogP contribution in [-0.4, -0.2) is 31.4 Å². The van der Waals surface area contributed by atoms with Gasteiger partial charge < -0.3 is 4.90 Å². The van der Waals surface area contributed by atoms with Crippen molar-refractivity contribution in [3.05, 3.63) is 77.9 Å². The van der Waals surface area contributed by atoms with E-state index in [1.165, 1.54) is 28.2 Å². The van der Waals surface area contributed by atoms with E-state index in [1.54, 1.807) is 0 Å². The fraction of sp³-hybridized carbons (Fsp3) is 0.261. The van der Waals surface area contributed by atoms with Crippen LogP contribution >= 0.6 is 0 Å². The van der Waals surface area contributed by atoms with Gasteiger partial charge in [0, 0.05) is 37.5 Å². The smallest absolute Gasteiger partial charge is 0.209 e. The molecule has 160 valence electrons. The zero-order valence-electron chi connectivity index (χ0n) is 17.8. The van der Waals surface area contributed by atoms with Crippen LogP contribution in [0.1, 0.15) is 25.0 Å². The van der Waals surface area contributed by atoms with Gasteiger partial charge in [0.25, 0.3) is 0 Å². The van der Waals surface area contributed by atoms with Gasteiger partial charge in [0.15, 0.2) is 5.71 Å². The number of para-hydroxylation sites is 1. The second-order valence-electron chi connectivity index (χ2n) is 7.67. The van der Waals surface area contributed by atoms with Crippen LogP contribution in [0, 0.1) is 10.2 Å². The molecule has 1 aliphatic heterocycles. The van der Waals surface area contributed by atoms with Crippen molar-refractivity contribution < 1.29 is 33.5 Å². The van der Waals surface area contributed by atoms with E-state index in [1.807, 2.05) is 0 Å². The van der Waals surface area contributed by atoms with Crippen molar-refractivity contribution in [3.8, 4) is 0 Å². The molecule has 0 unspecified atom stereocenters. The lowest BCUT2D eigenvalue weighted by Gasteiger charge is -2.17. The third kappa shape index (κ3) is 6.26. The maximum Gasteiger partial charge on any atom is 0.209 e. The molecule has 6 nitrogen and oxygen atoms in total. The highest BCUT2D eigenvalue weighted by Crippen LogP contribution is 2.38. The van der Waals surface area contributed by atoms with Crippen LogP contribution in [0.3, 0.4) is 0 Å². The highest BCUT2D eigenvalue weighted by atomic mass is 35.7. The summed E-state index contributed by atoms with van der Waals surface area (Å²) in [4.78, 5) is 2.11. The van der Waals surface area contributed by atoms with Gasteiger partial charge in [-0.2, -0.15) is 4.58 Å². The molecule has 0 bridgehead atoms. The molecule has 1 aliphatic rings. The lowest BCUT2D eigenvalue weighted by molar-refractivity contribution is -2.00. The minimum absolute atomic E-state index is 0.0308. The molecule has 0 spiro atoms. The average Bonchev–Trinajstić information content (AvgIpc) is 2.85. The highest BCUT2D eigenvalue weighted by molar-refractivity contribution is 6.03. The van der Waals surface area contributed by atoms with Gasteiger partial charge in [-0.1, -0.05) is 48.6 Å². The van der Waals surface area contributed by atoms with Crippen molar-refractivity contribution in [2.75, 3.05) is 26.0 Å². The van der Waals surface area contributed by atoms with Crippen molar-refractivity contribution in [2.24, 2.45) is 0 Å². The quantitative estimate of drug-likeness (QED) is 0.512. The summed E-state index contributed by atoms with van der Waals surface area (Å²) in [5, 5.41) is 0. The molecule has 0 atom stereocenters. The van der Waals surface area contributed by atoms with Crippen LogP contribution in [0.4, 0.5) is 11.4 Å². The minimum atomic E-state index is -4.94. The van der Waals surface area contributed by atoms with Crippen molar-refractivity contribution in [1.82, 2.24) is 0 Å². The number of halogens is 1. The SMILES string of the molecule is CN(C)c1ccc(C=CC=CC2=[N+](C)c3ccccc3C2(C)C)cc1.[O-][Cl+3]([O-])([O-])[O-]. The van der Waals surface area contributed by atoms with E-state index >= 15 is 0 Å². The van der Waals surface area contributed by atoms with Crippen LogP contribution in [-0.2, 0) is 5.41 Å². The molecule has 1 heterocycles. The zero-order valence-corrected chi connectivity index (χ0v) is 18.6. The van der Waals surface area contributed by atoms with E-state index in [4.69, 9.17) is 18.6 Å². The fourth-order valence-electron chi connectivity index (χ4n) is 3.50. The molecule has 30 heavy (non-hydrogen) atoms. The average molecular weight is 431 g/mol. The molecule has 2 aromatic rings. The van der Waals surface area contributed by atoms with E-state index in [2.05, 4.69) is 117 Å². The second kappa shape index (κ2) is 9.55. The first-order valence-electron chi connectivity index (χ1n) is 9.36. The molecule has 0 aromatic heterocycles. The maximum absolute atomic E-state index is 8.49. The molecule has 0 saturated heterocycles. The second-order valence-corrected chi connectivity index (χ2v) is 8.42. The third-order valence-electron chi connectivity index (χ3n) is 5.00. The summed E-state index contributed by atoms with van der Waals surface area (Å²) in [5.74, 6) is 0. The first kappa shape index (κ1) is 23.8. The van der Waals surface area contributed by atoms with Crippen LogP contribution < -0.4 is 23.5 Å². The van der Waals surface area contributed by atoms with Gasteiger partial charge >= 0.3 is 0 Å². The van der Waals surface area contributed by atoms with Gasteiger partial charge in [-0.05, 0) is 31.5 Å². The van der Waals surface area contributed by atoms with Gasteiger partial charge in [-0.25, -0.2) is 18.6 Å². The first-order valence-corrected chi connectivity index (χ1v) is 10.6. The first-order chi connectivity index (χ1) is 13.9. The number of allylic oxidation sites excluding steroid dienone is 3. The van der Waals surface area contributed by atoms with E-state index in [0.29, 0.717) is 0 Å². The van der Waals surface area contributed by atoms with Gasteiger partial charge in [-0.3, -0.25) is 0 Å². The van der Waals surface area contributed by atoms with Crippen molar-refractivity contribution in [3.63, 3.8) is 0 Å². The molecule has 2 aromatic carbocycles. The Balaban J connectivity index is 0.000000575. The molecular weight excluding hydrogens is 404 g/mol. The van der Waals surface area contributed by atoms with Crippen LogP contribution in [0.15, 0.2) is 66.8 Å². The Hall–Kier alpha value is -2.48. The summed E-state index contributed by atoms with van der Waals surface area (Å²) in [6.45, 7) is 4.58. The van der Waals surface area contributed by atoms with Gasteiger partial charge in [-0.15, -0.1) is 10.2 Å². The molecule has 3 rings (SSSR count). The highest BCUT2D eigenvalue weighted by Gasteiger charge is 2.42. The summed E-state index contributed by atoms with van der Waals surface area (Å²) in [6, 6.07) is 17.2. The predicted molar refractivity (Wildman–Crippen MR) is 109 cm³/mol. The Bertz CT molecular complexity index is 950. The van der Waals surface area contributed by atoms with Gasteiger partial charge in [0.05, 0.1) is 5.41 Å². The van der Waals surface area contributed by atoms with Crippen molar-refractivity contribution >= 4 is 23.2 Å². The molecule has 0 radical (unpaired) electrons. The lowest BCUT2D eigenvalue weighted by Crippen LogP contribution is -2.68. The normalized spacial score (nSPS) is 15.4. The Morgan fingerprint density at radius 2 is 1.40 bits per heavy atom. The van der Waals surface area contributed by atoms with Crippen LogP contribution in [0.2, 0.25) is 0 Å². The summed E-state index contributed by atoms with van der Waals surface area (Å²) in [6.07, 6.45) is 8.63. The summed E-state index contributed by atoms with van der Waals surface area (Å²) in [7, 11) is 1.32. The van der Waals surface area contributed by atoms with Crippen LogP contribution in [0.5, 0.6) is 0 Å². The summed E-state index contributed by atoms with van der Waals surface area (Å²) in [5.41, 5.74) is 6.47. The lowest BCUT2D eigenvalue weighted by atomic mass is 9.81. The van der Waals surface area contributed by atoms with Crippen LogP contribution in [0.25, 0.3) is 6.08 Å². The monoisotopic (exact) mass is 430 g/mol. The predicted octanol–water partition coefficient (Wildman–Crippen LogP) is 0.272. The topological polar surface area (TPSA) is 98.5 Å². The number of benzene rings is 2. The van der Waals surface area contributed by atoms with E-state index in [9.17, 15) is 0 Å². The van der Waals surface area contributed by atoms with Crippen molar-refractivity contribution in [1.29, 1.82) is 0 Å². The molecular formula is C23H27ClN2O4. The molecule has 0 saturated carbocycles. The maximum atomic E-state index is 8.49. The van der Waals surface area contributed by atoms with E-state index in [-0.39, 0.29) is 5.41 Å². The third-order valence-corrected chi connectivity index (χ3v) is 5.00. The molecule has 0 amide bonds. The molecule has 7 heteroatoms. The Kier molecular flexibility index (Phi) is 7.58. The number of hydrogen-bond acceptors (Lipinski definition) is 5. The van der Waals surface area contributed by atoms with Crippen molar-refractivity contribution in [2.45, 2.75) is 19.3 Å². The Morgan fingerprint density at radius 1 is 0.867 bits per heavy atom. The number of fused-ring (bicyclic) bond motifs is 1. The van der Waals surface area contributed by atoms with E-state index < -0.39 is 10.2 Å². The van der Waals surface area contributed by atoms with E-state index in [0.717, 1.165) is 0 Å². The number of nitrogens with zero attached hydrogens (tertiary/aromatic N) is 2. The zero-order chi connectivity index (χ0) is 22.5. The number of rotatable bonds is 4. The van der Waals surface area contributed by atoms with Gasteiger partial charge in [0.2, 0.25) is 5.69 Å². The largest absolute Gasteiger partial charge is 0.378 e. The standard InChI is InChI=1S/C23H27N2.ClHO4/c1-23(2)20-11-7-8-12-21(20)25(5)22(23)13-9-6-10-18-14-16-19(17-15-18)24(3)4;2-1(3,4)5/h6-17H,1-5H3;(H,2,3,4,5)/q+1;/p-1. The number of hydrogen-bond donors (Lipinski definition) is 0. The number of anilines is 1. The molecule has 0 N–H and O–H groups in total. The van der Waals surface area contributed by atoms with Gasteiger partial charge in [0.1, 0.15) is 7.05 Å². The summed E-state index contributed by atoms with van der Waals surface area (Å²) < 4.78 is 36.3. The Labute approximate surface area is 180 Å². The minimum Gasteiger partial charge on any atom is -0.378 e. The molecule has 0 aliphatic carbocycles. The summed E-state index contributed by atoms with van der Waals surface area (Å²) >= 11 is 0. The Morgan fingerprint density at radius 3 is 1.93 bits per heavy atom. The molecule has 0 fully saturated rings.